The second kappa shape index (κ2) is 2.98. The first-order valence-corrected chi connectivity index (χ1v) is 2.98. The van der Waals surface area contributed by atoms with Crippen LogP contribution in [0.1, 0.15) is 13.8 Å². The Morgan fingerprint density at radius 2 is 1.82 bits per heavy atom. The number of carboxylic acids is 1. The van der Waals surface area contributed by atoms with E-state index in [1.807, 2.05) is 0 Å². The van der Waals surface area contributed by atoms with Crippen molar-refractivity contribution in [2.75, 3.05) is 0 Å². The van der Waals surface area contributed by atoms with E-state index in [1.165, 1.54) is 0 Å². The van der Waals surface area contributed by atoms with Crippen molar-refractivity contribution in [3.63, 3.8) is 0 Å². The summed E-state index contributed by atoms with van der Waals surface area (Å²) in [5.41, 5.74) is -2.49. The fourth-order valence-corrected chi connectivity index (χ4v) is 0.512. The third-order valence-electron chi connectivity index (χ3n) is 1.28. The van der Waals surface area contributed by atoms with Gasteiger partial charge < -0.3 is 15.3 Å². The van der Waals surface area contributed by atoms with Gasteiger partial charge in [-0.3, -0.25) is 4.79 Å². The molecule has 0 aromatic heterocycles. The van der Waals surface area contributed by atoms with Gasteiger partial charge in [-0.2, -0.15) is 0 Å². The number of Topliss-reactive ketones (excluding diaryl/α,β-unsaturated/α-hetero) is 1. The van der Waals surface area contributed by atoms with Crippen LogP contribution in [-0.2, 0) is 9.59 Å². The van der Waals surface area contributed by atoms with Crippen LogP contribution in [0, 0.1) is 0 Å². The Bertz CT molecular complexity index is 181. The lowest BCUT2D eigenvalue weighted by Gasteiger charge is -2.17. The molecule has 0 aromatic carbocycles. The summed E-state index contributed by atoms with van der Waals surface area (Å²) < 4.78 is 0. The third kappa shape index (κ3) is 1.99. The molecule has 2 atom stereocenters. The van der Waals surface area contributed by atoms with Gasteiger partial charge in [-0.05, 0) is 13.8 Å². The largest absolute Gasteiger partial charge is 0.479 e. The molecule has 0 unspecified atom stereocenters. The lowest BCUT2D eigenvalue weighted by Crippen LogP contribution is -2.48. The summed E-state index contributed by atoms with van der Waals surface area (Å²) >= 11 is 0. The number of hydrogen-bond donors (Lipinski definition) is 3. The molecule has 0 fully saturated rings. The SMILES string of the molecule is C[C@H](O)C(=O)[C@@](C)(O)C(=O)O. The average Bonchev–Trinajstić information content (AvgIpc) is 1.85. The monoisotopic (exact) mass is 162 g/mol. The molecule has 0 rings (SSSR count). The summed E-state index contributed by atoms with van der Waals surface area (Å²) in [4.78, 5) is 20.9. The smallest absolute Gasteiger partial charge is 0.343 e. The molecule has 0 saturated heterocycles. The molecule has 0 amide bonds. The van der Waals surface area contributed by atoms with E-state index in [2.05, 4.69) is 0 Å². The second-order valence-electron chi connectivity index (χ2n) is 2.42. The topological polar surface area (TPSA) is 94.8 Å². The molecule has 0 aliphatic carbocycles. The number of aliphatic hydroxyl groups excluding tert-OH is 1. The van der Waals surface area contributed by atoms with Gasteiger partial charge in [0.05, 0.1) is 0 Å². The van der Waals surface area contributed by atoms with Crippen molar-refractivity contribution in [1.29, 1.82) is 0 Å². The molecule has 0 aliphatic rings. The molecule has 3 N–H and O–H groups in total. The average molecular weight is 162 g/mol. The van der Waals surface area contributed by atoms with Crippen LogP contribution in [-0.4, -0.2) is 38.8 Å². The molecule has 64 valence electrons. The molecular formula is C6H10O5. The minimum atomic E-state index is -2.49. The van der Waals surface area contributed by atoms with Crippen molar-refractivity contribution in [1.82, 2.24) is 0 Å². The van der Waals surface area contributed by atoms with Crippen LogP contribution < -0.4 is 0 Å². The molecule has 0 aliphatic heterocycles. The van der Waals surface area contributed by atoms with Gasteiger partial charge in [-0.15, -0.1) is 0 Å². The molecule has 0 spiro atoms. The van der Waals surface area contributed by atoms with Crippen molar-refractivity contribution >= 4 is 11.8 Å². The summed E-state index contributed by atoms with van der Waals surface area (Å²) in [7, 11) is 0. The molecule has 0 radical (unpaired) electrons. The van der Waals surface area contributed by atoms with Gasteiger partial charge in [0, 0.05) is 0 Å². The predicted molar refractivity (Wildman–Crippen MR) is 34.9 cm³/mol. The minimum absolute atomic E-state index is 0.824. The van der Waals surface area contributed by atoms with Gasteiger partial charge in [-0.1, -0.05) is 0 Å². The number of carbonyl (C=O) groups is 2. The fourth-order valence-electron chi connectivity index (χ4n) is 0.512. The van der Waals surface area contributed by atoms with Gasteiger partial charge in [0.25, 0.3) is 0 Å². The van der Waals surface area contributed by atoms with Crippen molar-refractivity contribution in [3.8, 4) is 0 Å². The zero-order valence-electron chi connectivity index (χ0n) is 6.24. The van der Waals surface area contributed by atoms with E-state index in [-0.39, 0.29) is 0 Å². The van der Waals surface area contributed by atoms with Crippen molar-refractivity contribution in [2.24, 2.45) is 0 Å². The summed E-state index contributed by atoms with van der Waals surface area (Å²) in [6.45, 7) is 1.92. The zero-order chi connectivity index (χ0) is 9.23. The highest BCUT2D eigenvalue weighted by molar-refractivity contribution is 6.07. The normalized spacial score (nSPS) is 18.5. The standard InChI is InChI=1S/C6H10O5/c1-3(7)4(8)6(2,11)5(9)10/h3,7,11H,1-2H3,(H,9,10)/t3-,6+/m0/s1. The first-order valence-electron chi connectivity index (χ1n) is 2.98. The number of rotatable bonds is 3. The van der Waals surface area contributed by atoms with Crippen LogP contribution in [0.2, 0.25) is 0 Å². The van der Waals surface area contributed by atoms with Crippen molar-refractivity contribution in [3.05, 3.63) is 0 Å². The maximum atomic E-state index is 10.7. The highest BCUT2D eigenvalue weighted by Crippen LogP contribution is 2.07. The molecule has 5 nitrogen and oxygen atoms in total. The molecule has 5 heteroatoms. The molecule has 0 aromatic rings. The van der Waals surface area contributed by atoms with E-state index in [4.69, 9.17) is 15.3 Å². The number of hydrogen-bond acceptors (Lipinski definition) is 4. The lowest BCUT2D eigenvalue weighted by atomic mass is 9.98. The summed E-state index contributed by atoms with van der Waals surface area (Å²) in [6, 6.07) is 0. The van der Waals surface area contributed by atoms with Crippen molar-refractivity contribution < 1.29 is 24.9 Å². The number of aliphatic carboxylic acids is 1. The van der Waals surface area contributed by atoms with Gasteiger partial charge in [0.1, 0.15) is 6.10 Å². The van der Waals surface area contributed by atoms with Gasteiger partial charge in [0.15, 0.2) is 0 Å². The fraction of sp³-hybridized carbons (Fsp3) is 0.667. The van der Waals surface area contributed by atoms with Crippen LogP contribution in [0.5, 0.6) is 0 Å². The summed E-state index contributed by atoms with van der Waals surface area (Å²) in [5, 5.41) is 25.8. The molecular weight excluding hydrogens is 152 g/mol. The highest BCUT2D eigenvalue weighted by Gasteiger charge is 2.40. The van der Waals surface area contributed by atoms with Crippen LogP contribution in [0.15, 0.2) is 0 Å². The van der Waals surface area contributed by atoms with E-state index in [0.717, 1.165) is 13.8 Å². The van der Waals surface area contributed by atoms with Gasteiger partial charge in [0.2, 0.25) is 11.4 Å². The third-order valence-corrected chi connectivity index (χ3v) is 1.28. The van der Waals surface area contributed by atoms with Crippen LogP contribution >= 0.6 is 0 Å². The molecule has 0 bridgehead atoms. The predicted octanol–water partition coefficient (Wildman–Crippen LogP) is -1.23. The van der Waals surface area contributed by atoms with E-state index >= 15 is 0 Å². The van der Waals surface area contributed by atoms with E-state index in [9.17, 15) is 9.59 Å². The van der Waals surface area contributed by atoms with Gasteiger partial charge >= 0.3 is 5.97 Å². The summed E-state index contributed by atoms with van der Waals surface area (Å²) in [6.07, 6.45) is -1.47. The Morgan fingerprint density at radius 1 is 1.45 bits per heavy atom. The Kier molecular flexibility index (Phi) is 2.72. The Hall–Kier alpha value is -0.940. The second-order valence-corrected chi connectivity index (χ2v) is 2.42. The van der Waals surface area contributed by atoms with Gasteiger partial charge in [-0.25, -0.2) is 4.79 Å². The maximum Gasteiger partial charge on any atom is 0.343 e. The van der Waals surface area contributed by atoms with E-state index < -0.39 is 23.5 Å². The van der Waals surface area contributed by atoms with Crippen LogP contribution in [0.25, 0.3) is 0 Å². The number of carboxylic acid groups (broad SMARTS) is 1. The Morgan fingerprint density at radius 3 is 1.91 bits per heavy atom. The Labute approximate surface area is 63.3 Å². The van der Waals surface area contributed by atoms with Crippen molar-refractivity contribution in [2.45, 2.75) is 25.6 Å². The van der Waals surface area contributed by atoms with E-state index in [1.54, 1.807) is 0 Å². The maximum absolute atomic E-state index is 10.7. The summed E-state index contributed by atoms with van der Waals surface area (Å²) in [5.74, 6) is -2.78. The zero-order valence-corrected chi connectivity index (χ0v) is 6.24. The minimum Gasteiger partial charge on any atom is -0.479 e. The van der Waals surface area contributed by atoms with Crippen LogP contribution in [0.4, 0.5) is 0 Å². The highest BCUT2D eigenvalue weighted by atomic mass is 16.4. The first-order chi connectivity index (χ1) is 4.80. The van der Waals surface area contributed by atoms with E-state index in [0.29, 0.717) is 0 Å². The lowest BCUT2D eigenvalue weighted by molar-refractivity contribution is -0.166. The molecule has 0 saturated carbocycles. The molecule has 0 heterocycles. The first kappa shape index (κ1) is 10.1. The number of aliphatic hydroxyl groups is 2. The number of ketones is 1. The Balaban J connectivity index is 4.56. The quantitative estimate of drug-likeness (QED) is 0.452. The van der Waals surface area contributed by atoms with Crippen LogP contribution in [0.3, 0.4) is 0 Å². The number of carbonyl (C=O) groups excluding carboxylic acids is 1. The molecule has 11 heavy (non-hydrogen) atoms.